The van der Waals surface area contributed by atoms with Crippen LogP contribution in [0.2, 0.25) is 0 Å². The summed E-state index contributed by atoms with van der Waals surface area (Å²) in [5.41, 5.74) is 6.99. The Morgan fingerprint density at radius 3 is 1.45 bits per heavy atom. The maximum Gasteiger partial charge on any atom is 0.407 e. The van der Waals surface area contributed by atoms with Crippen molar-refractivity contribution in [2.75, 3.05) is 26.7 Å². The van der Waals surface area contributed by atoms with E-state index in [1.807, 2.05) is 60.6 Å². The van der Waals surface area contributed by atoms with Crippen molar-refractivity contribution < 1.29 is 19.1 Å². The number of aromatic amines is 2. The van der Waals surface area contributed by atoms with Gasteiger partial charge < -0.3 is 29.8 Å². The Morgan fingerprint density at radius 1 is 0.583 bits per heavy atom. The number of carbonyl (C=O) groups is 3. The smallest absolute Gasteiger partial charge is 0.407 e. The molecule has 3 N–H and O–H groups in total. The Balaban J connectivity index is 0.00000195. The summed E-state index contributed by atoms with van der Waals surface area (Å²) < 4.78 is 4.61. The quantitative estimate of drug-likeness (QED) is 0.0944. The summed E-state index contributed by atoms with van der Waals surface area (Å²) in [7, 11) is 1.27. The second-order valence-corrected chi connectivity index (χ2v) is 14.7. The number of rotatable bonds is 15. The lowest BCUT2D eigenvalue weighted by atomic mass is 9.89. The van der Waals surface area contributed by atoms with Crippen molar-refractivity contribution in [1.82, 2.24) is 35.1 Å². The number of ether oxygens (including phenoxy) is 1. The van der Waals surface area contributed by atoms with Crippen LogP contribution in [0.15, 0.2) is 116 Å². The van der Waals surface area contributed by atoms with Crippen molar-refractivity contribution in [2.45, 2.75) is 66.5 Å². The second kappa shape index (κ2) is 20.8. The van der Waals surface area contributed by atoms with Gasteiger partial charge in [0.2, 0.25) is 11.8 Å². The number of nitrogens with zero attached hydrogens (tertiary/aromatic N) is 4. The number of alkyl carbamates (subject to hydrolysis) is 1. The first-order chi connectivity index (χ1) is 29.3. The van der Waals surface area contributed by atoms with Gasteiger partial charge in [-0.25, -0.2) is 14.8 Å². The Morgan fingerprint density at radius 2 is 1.00 bits per heavy atom. The van der Waals surface area contributed by atoms with Gasteiger partial charge in [-0.15, -0.1) is 0 Å². The highest BCUT2D eigenvalue weighted by Gasteiger charge is 2.20. The molecule has 0 aliphatic heterocycles. The maximum absolute atomic E-state index is 13.3. The van der Waals surface area contributed by atoms with E-state index in [9.17, 15) is 14.4 Å². The van der Waals surface area contributed by atoms with Crippen LogP contribution < -0.4 is 5.32 Å². The molecule has 2 heterocycles. The number of fused-ring (bicyclic) bond motifs is 2. The summed E-state index contributed by atoms with van der Waals surface area (Å²) in [5, 5.41) is 6.84. The van der Waals surface area contributed by atoms with Gasteiger partial charge in [-0.1, -0.05) is 137 Å². The Labute approximate surface area is 352 Å². The van der Waals surface area contributed by atoms with E-state index in [0.717, 1.165) is 79.4 Å². The summed E-state index contributed by atoms with van der Waals surface area (Å²) in [6, 6.07) is 35.2. The summed E-state index contributed by atoms with van der Waals surface area (Å²) in [6.45, 7) is 10.1. The average Bonchev–Trinajstić information content (AvgIpc) is 3.95. The number of amides is 3. The van der Waals surface area contributed by atoms with Gasteiger partial charge >= 0.3 is 6.09 Å². The summed E-state index contributed by atoms with van der Waals surface area (Å²) >= 11 is 0. The van der Waals surface area contributed by atoms with Crippen LogP contribution in [0, 0.1) is 0 Å². The predicted molar refractivity (Wildman–Crippen MR) is 240 cm³/mol. The molecule has 310 valence electrons. The number of nitrogens with one attached hydrogen (secondary N) is 3. The zero-order valence-electron chi connectivity index (χ0n) is 35.3. The molecule has 60 heavy (non-hydrogen) atoms. The third-order valence-electron chi connectivity index (χ3n) is 10.1. The molecular weight excluding hydrogens is 751 g/mol. The summed E-state index contributed by atoms with van der Waals surface area (Å²) in [6.07, 6.45) is 6.25. The van der Waals surface area contributed by atoms with E-state index >= 15 is 0 Å². The molecule has 0 radical (unpaired) electrons. The monoisotopic (exact) mass is 805 g/mol. The molecule has 7 aromatic rings. The van der Waals surface area contributed by atoms with E-state index in [2.05, 4.69) is 113 Å². The molecule has 0 unspecified atom stereocenters. The Kier molecular flexibility index (Phi) is 14.8. The number of methoxy groups -OCH3 is 1. The molecule has 0 saturated carbocycles. The number of imidazole rings is 2. The molecule has 0 saturated heterocycles. The summed E-state index contributed by atoms with van der Waals surface area (Å²) in [4.78, 5) is 57.7. The first-order valence-corrected chi connectivity index (χ1v) is 20.8. The number of carbonyl (C=O) groups excluding carboxylic acids is 3. The SMILES string of the molecule is CCC.CCCN(Cc1ncc(-c2ccc(-c3ccc(-c4cnc(CN(CCC)C(=O)Cc5ccccc5)[nH]4)c4ccccc34)c3ccccc23)[nH]1)C(=O)CNC(=O)OC. The first-order valence-electron chi connectivity index (χ1n) is 20.8. The molecule has 0 bridgehead atoms. The average molecular weight is 806 g/mol. The van der Waals surface area contributed by atoms with Crippen LogP contribution in [0.5, 0.6) is 0 Å². The second-order valence-electron chi connectivity index (χ2n) is 14.7. The number of aromatic nitrogens is 4. The van der Waals surface area contributed by atoms with Crippen molar-refractivity contribution in [2.24, 2.45) is 0 Å². The highest BCUT2D eigenvalue weighted by Crippen LogP contribution is 2.40. The Bertz CT molecular complexity index is 2530. The van der Waals surface area contributed by atoms with Crippen molar-refractivity contribution in [3.05, 3.63) is 133 Å². The van der Waals surface area contributed by atoms with E-state index in [1.54, 1.807) is 4.90 Å². The van der Waals surface area contributed by atoms with Gasteiger partial charge in [-0.2, -0.15) is 0 Å². The van der Waals surface area contributed by atoms with Crippen molar-refractivity contribution in [3.8, 4) is 33.6 Å². The van der Waals surface area contributed by atoms with Gasteiger partial charge in [-0.3, -0.25) is 9.59 Å². The fraction of sp³-hybridized carbons (Fsp3) is 0.286. The molecule has 0 fully saturated rings. The van der Waals surface area contributed by atoms with E-state index in [0.29, 0.717) is 31.9 Å². The van der Waals surface area contributed by atoms with E-state index in [-0.39, 0.29) is 24.9 Å². The minimum Gasteiger partial charge on any atom is -0.453 e. The number of benzene rings is 5. The van der Waals surface area contributed by atoms with E-state index in [4.69, 9.17) is 4.98 Å². The third kappa shape index (κ3) is 10.3. The molecule has 2 aromatic heterocycles. The van der Waals surface area contributed by atoms with Gasteiger partial charge in [0.15, 0.2) is 0 Å². The highest BCUT2D eigenvalue weighted by molar-refractivity contribution is 6.11. The fourth-order valence-electron chi connectivity index (χ4n) is 7.40. The van der Waals surface area contributed by atoms with Crippen molar-refractivity contribution >= 4 is 39.5 Å². The molecule has 0 aliphatic rings. The van der Waals surface area contributed by atoms with Crippen LogP contribution in [0.4, 0.5) is 4.79 Å². The van der Waals surface area contributed by atoms with Crippen LogP contribution >= 0.6 is 0 Å². The van der Waals surface area contributed by atoms with Crippen LogP contribution in [0.25, 0.3) is 55.2 Å². The number of H-pyrrole nitrogens is 2. The standard InChI is InChI=1S/C46H47N7O4.C3H8/c1-4-23-52(44(54)25-31-13-7-6-8-14-31)29-42-47-26-40(50-42)38-21-19-36(32-15-9-11-17-34(32)38)37-20-22-39(35-18-12-10-16-33(35)37)41-27-48-43(51-41)30-53(24-5-2)45(55)28-49-46(56)57-3;1-3-2/h6-22,26-27H,4-5,23-25,28-30H2,1-3H3,(H,47,50)(H,48,51)(H,49,56);3H2,1-2H3. The van der Waals surface area contributed by atoms with Gasteiger partial charge in [0, 0.05) is 24.2 Å². The highest BCUT2D eigenvalue weighted by atomic mass is 16.5. The molecule has 0 spiro atoms. The lowest BCUT2D eigenvalue weighted by Crippen LogP contribution is -2.40. The van der Waals surface area contributed by atoms with Gasteiger partial charge in [0.05, 0.1) is 50.4 Å². The molecule has 11 heteroatoms. The predicted octanol–water partition coefficient (Wildman–Crippen LogP) is 9.93. The lowest BCUT2D eigenvalue weighted by molar-refractivity contribution is -0.131. The normalized spacial score (nSPS) is 10.9. The molecule has 0 atom stereocenters. The molecule has 0 aliphatic carbocycles. The van der Waals surface area contributed by atoms with Gasteiger partial charge in [0.1, 0.15) is 18.2 Å². The lowest BCUT2D eigenvalue weighted by Gasteiger charge is -2.21. The molecule has 11 nitrogen and oxygen atoms in total. The zero-order valence-corrected chi connectivity index (χ0v) is 35.3. The van der Waals surface area contributed by atoms with Crippen LogP contribution in [0.3, 0.4) is 0 Å². The van der Waals surface area contributed by atoms with Gasteiger partial charge in [-0.05, 0) is 51.1 Å². The number of hydrogen-bond acceptors (Lipinski definition) is 6. The third-order valence-corrected chi connectivity index (χ3v) is 10.1. The zero-order chi connectivity index (χ0) is 42.4. The summed E-state index contributed by atoms with van der Waals surface area (Å²) in [5.74, 6) is 1.26. The fourth-order valence-corrected chi connectivity index (χ4v) is 7.40. The van der Waals surface area contributed by atoms with E-state index in [1.165, 1.54) is 13.5 Å². The maximum atomic E-state index is 13.3. The molecule has 3 amide bonds. The molecular formula is C49H55N7O4. The van der Waals surface area contributed by atoms with Crippen molar-refractivity contribution in [3.63, 3.8) is 0 Å². The molecule has 5 aromatic carbocycles. The van der Waals surface area contributed by atoms with Gasteiger partial charge in [0.25, 0.3) is 0 Å². The van der Waals surface area contributed by atoms with Crippen LogP contribution in [-0.4, -0.2) is 74.4 Å². The molecule has 7 rings (SSSR count). The van der Waals surface area contributed by atoms with Crippen molar-refractivity contribution in [1.29, 1.82) is 0 Å². The van der Waals surface area contributed by atoms with Crippen LogP contribution in [0.1, 0.15) is 64.2 Å². The minimum absolute atomic E-state index is 0.0824. The number of hydrogen-bond donors (Lipinski definition) is 3. The Hall–Kier alpha value is -6.75. The van der Waals surface area contributed by atoms with Crippen LogP contribution in [-0.2, 0) is 33.8 Å². The van der Waals surface area contributed by atoms with E-state index < -0.39 is 6.09 Å². The topological polar surface area (TPSA) is 136 Å². The first kappa shape index (κ1) is 42.8. The largest absolute Gasteiger partial charge is 0.453 e. The minimum atomic E-state index is -0.648.